The van der Waals surface area contributed by atoms with E-state index in [0.29, 0.717) is 12.1 Å². The number of anilines is 1. The first-order chi connectivity index (χ1) is 12.2. The summed E-state index contributed by atoms with van der Waals surface area (Å²) in [6.45, 7) is 10.6. The highest BCUT2D eigenvalue weighted by molar-refractivity contribution is 5.94. The Balaban J connectivity index is 0.00000109. The molecule has 2 aromatic carbocycles. The molecule has 1 fully saturated rings. The predicted molar refractivity (Wildman–Crippen MR) is 105 cm³/mol. The molecular weight excluding hydrogens is 310 g/mol. The molecule has 0 radical (unpaired) electrons. The molecule has 4 heteroatoms. The van der Waals surface area contributed by atoms with Crippen LogP contribution in [-0.2, 0) is 6.54 Å². The molecule has 134 valence electrons. The molecule has 0 spiro atoms. The van der Waals surface area contributed by atoms with Crippen LogP contribution >= 0.6 is 0 Å². The molecule has 0 saturated carbocycles. The number of para-hydroxylation sites is 1. The van der Waals surface area contributed by atoms with Crippen molar-refractivity contribution in [2.45, 2.75) is 27.3 Å². The third kappa shape index (κ3) is 5.33. The Morgan fingerprint density at radius 2 is 1.80 bits per heavy atom. The summed E-state index contributed by atoms with van der Waals surface area (Å²) >= 11 is 0. The quantitative estimate of drug-likeness (QED) is 0.898. The Bertz CT molecular complexity index is 678. The number of rotatable bonds is 4. The first-order valence-electron chi connectivity index (χ1n) is 9.12. The second kappa shape index (κ2) is 9.84. The molecule has 2 N–H and O–H groups in total. The van der Waals surface area contributed by atoms with Crippen LogP contribution in [-0.4, -0.2) is 32.1 Å². The van der Waals surface area contributed by atoms with Crippen LogP contribution in [0.4, 0.5) is 5.69 Å². The Labute approximate surface area is 151 Å². The van der Waals surface area contributed by atoms with Gasteiger partial charge in [0, 0.05) is 44.0 Å². The number of benzene rings is 2. The molecule has 0 aromatic heterocycles. The summed E-state index contributed by atoms with van der Waals surface area (Å²) < 4.78 is 0. The van der Waals surface area contributed by atoms with E-state index in [-0.39, 0.29) is 5.91 Å². The van der Waals surface area contributed by atoms with Crippen molar-refractivity contribution >= 4 is 11.6 Å². The van der Waals surface area contributed by atoms with Crippen molar-refractivity contribution in [3.63, 3.8) is 0 Å². The third-order valence-corrected chi connectivity index (χ3v) is 4.17. The number of nitrogens with zero attached hydrogens (tertiary/aromatic N) is 1. The molecule has 0 unspecified atom stereocenters. The van der Waals surface area contributed by atoms with Crippen LogP contribution in [0.3, 0.4) is 0 Å². The van der Waals surface area contributed by atoms with E-state index in [2.05, 4.69) is 33.7 Å². The highest BCUT2D eigenvalue weighted by Gasteiger charge is 2.14. The average molecular weight is 339 g/mol. The molecule has 0 aliphatic carbocycles. The molecule has 0 atom stereocenters. The van der Waals surface area contributed by atoms with Gasteiger partial charge in [0.2, 0.25) is 0 Å². The van der Waals surface area contributed by atoms with E-state index < -0.39 is 0 Å². The number of aryl methyl sites for hydroxylation is 1. The Hall–Kier alpha value is -2.33. The van der Waals surface area contributed by atoms with Gasteiger partial charge >= 0.3 is 0 Å². The fraction of sp³-hybridized carbons (Fsp3) is 0.381. The SMILES string of the molecule is CC.Cc1cccc(C(=O)NCc2ccccc2N2CCNCC2)c1. The summed E-state index contributed by atoms with van der Waals surface area (Å²) in [5.41, 5.74) is 4.19. The molecule has 1 heterocycles. The molecule has 1 amide bonds. The Morgan fingerprint density at radius 1 is 1.08 bits per heavy atom. The maximum absolute atomic E-state index is 12.3. The van der Waals surface area contributed by atoms with E-state index in [0.717, 1.165) is 37.3 Å². The van der Waals surface area contributed by atoms with E-state index in [1.165, 1.54) is 5.69 Å². The Morgan fingerprint density at radius 3 is 2.52 bits per heavy atom. The lowest BCUT2D eigenvalue weighted by atomic mass is 10.1. The zero-order valence-electron chi connectivity index (χ0n) is 15.5. The van der Waals surface area contributed by atoms with Gasteiger partial charge in [0.25, 0.3) is 5.91 Å². The monoisotopic (exact) mass is 339 g/mol. The summed E-state index contributed by atoms with van der Waals surface area (Å²) in [6, 6.07) is 16.0. The maximum atomic E-state index is 12.3. The lowest BCUT2D eigenvalue weighted by Crippen LogP contribution is -2.44. The second-order valence-electron chi connectivity index (χ2n) is 5.92. The lowest BCUT2D eigenvalue weighted by Gasteiger charge is -2.31. The molecule has 1 saturated heterocycles. The molecular formula is C21H29N3O. The van der Waals surface area contributed by atoms with E-state index in [4.69, 9.17) is 0 Å². The van der Waals surface area contributed by atoms with E-state index >= 15 is 0 Å². The fourth-order valence-electron chi connectivity index (χ4n) is 2.94. The largest absolute Gasteiger partial charge is 0.369 e. The number of hydrogen-bond acceptors (Lipinski definition) is 3. The van der Waals surface area contributed by atoms with Crippen molar-refractivity contribution in [1.29, 1.82) is 0 Å². The highest BCUT2D eigenvalue weighted by atomic mass is 16.1. The van der Waals surface area contributed by atoms with Crippen molar-refractivity contribution in [2.24, 2.45) is 0 Å². The third-order valence-electron chi connectivity index (χ3n) is 4.17. The molecule has 25 heavy (non-hydrogen) atoms. The number of piperazine rings is 1. The summed E-state index contributed by atoms with van der Waals surface area (Å²) in [6.07, 6.45) is 0. The van der Waals surface area contributed by atoms with E-state index in [9.17, 15) is 4.79 Å². The molecule has 1 aliphatic rings. The first-order valence-corrected chi connectivity index (χ1v) is 9.12. The van der Waals surface area contributed by atoms with Crippen LogP contribution in [0.15, 0.2) is 48.5 Å². The van der Waals surface area contributed by atoms with Gasteiger partial charge < -0.3 is 15.5 Å². The van der Waals surface area contributed by atoms with E-state index in [1.807, 2.05) is 51.1 Å². The van der Waals surface area contributed by atoms with Gasteiger partial charge in [-0.05, 0) is 30.7 Å². The number of carbonyl (C=O) groups excluding carboxylic acids is 1. The van der Waals surface area contributed by atoms with Gasteiger partial charge in [0.05, 0.1) is 0 Å². The average Bonchev–Trinajstić information content (AvgIpc) is 2.68. The van der Waals surface area contributed by atoms with Gasteiger partial charge in [-0.25, -0.2) is 0 Å². The minimum atomic E-state index is -0.0242. The van der Waals surface area contributed by atoms with Crippen LogP contribution in [0.5, 0.6) is 0 Å². The number of carbonyl (C=O) groups is 1. The molecule has 1 aliphatic heterocycles. The van der Waals surface area contributed by atoms with E-state index in [1.54, 1.807) is 0 Å². The minimum Gasteiger partial charge on any atom is -0.369 e. The molecule has 2 aromatic rings. The fourth-order valence-corrected chi connectivity index (χ4v) is 2.94. The zero-order chi connectivity index (χ0) is 18.1. The highest BCUT2D eigenvalue weighted by Crippen LogP contribution is 2.20. The number of amides is 1. The molecule has 4 nitrogen and oxygen atoms in total. The number of nitrogens with one attached hydrogen (secondary N) is 2. The van der Waals surface area contributed by atoms with Crippen LogP contribution in [0, 0.1) is 6.92 Å². The van der Waals surface area contributed by atoms with Crippen LogP contribution in [0.2, 0.25) is 0 Å². The van der Waals surface area contributed by atoms with Crippen molar-refractivity contribution in [1.82, 2.24) is 10.6 Å². The predicted octanol–water partition coefficient (Wildman–Crippen LogP) is 3.36. The van der Waals surface area contributed by atoms with Crippen molar-refractivity contribution < 1.29 is 4.79 Å². The van der Waals surface area contributed by atoms with Crippen molar-refractivity contribution in [3.05, 3.63) is 65.2 Å². The standard InChI is InChI=1S/C19H23N3O.C2H6/c1-15-5-4-7-16(13-15)19(23)21-14-17-6-2-3-8-18(17)22-11-9-20-10-12-22;1-2/h2-8,13,20H,9-12,14H2,1H3,(H,21,23);1-2H3. The molecule has 0 bridgehead atoms. The normalized spacial score (nSPS) is 13.6. The minimum absolute atomic E-state index is 0.0242. The van der Waals surface area contributed by atoms with Crippen LogP contribution in [0.25, 0.3) is 0 Å². The van der Waals surface area contributed by atoms with Crippen LogP contribution in [0.1, 0.15) is 35.3 Å². The summed E-state index contributed by atoms with van der Waals surface area (Å²) in [4.78, 5) is 14.7. The van der Waals surface area contributed by atoms with Gasteiger partial charge in [-0.1, -0.05) is 49.7 Å². The van der Waals surface area contributed by atoms with Gasteiger partial charge in [0.1, 0.15) is 0 Å². The van der Waals surface area contributed by atoms with Gasteiger partial charge in [-0.15, -0.1) is 0 Å². The maximum Gasteiger partial charge on any atom is 0.251 e. The summed E-state index contributed by atoms with van der Waals surface area (Å²) in [5.74, 6) is -0.0242. The number of hydrogen-bond donors (Lipinski definition) is 2. The Kier molecular flexibility index (Phi) is 7.48. The zero-order valence-corrected chi connectivity index (χ0v) is 15.5. The smallest absolute Gasteiger partial charge is 0.251 e. The van der Waals surface area contributed by atoms with Gasteiger partial charge in [-0.2, -0.15) is 0 Å². The van der Waals surface area contributed by atoms with Crippen molar-refractivity contribution in [2.75, 3.05) is 31.1 Å². The van der Waals surface area contributed by atoms with Crippen molar-refractivity contribution in [3.8, 4) is 0 Å². The summed E-state index contributed by atoms with van der Waals surface area (Å²) in [7, 11) is 0. The van der Waals surface area contributed by atoms with Crippen LogP contribution < -0.4 is 15.5 Å². The second-order valence-corrected chi connectivity index (χ2v) is 5.92. The van der Waals surface area contributed by atoms with Gasteiger partial charge in [0.15, 0.2) is 0 Å². The first kappa shape index (κ1) is 19.0. The summed E-state index contributed by atoms with van der Waals surface area (Å²) in [5, 5.41) is 6.41. The lowest BCUT2D eigenvalue weighted by molar-refractivity contribution is 0.0951. The molecule has 3 rings (SSSR count). The topological polar surface area (TPSA) is 44.4 Å². The van der Waals surface area contributed by atoms with Gasteiger partial charge in [-0.3, -0.25) is 4.79 Å².